The molecule has 0 fully saturated rings. The summed E-state index contributed by atoms with van der Waals surface area (Å²) >= 11 is 1.73. The van der Waals surface area contributed by atoms with Crippen LogP contribution in [0.5, 0.6) is 0 Å². The number of amides is 1. The molecule has 0 aliphatic carbocycles. The van der Waals surface area contributed by atoms with Crippen molar-refractivity contribution in [1.82, 2.24) is 15.6 Å². The van der Waals surface area contributed by atoms with E-state index in [0.29, 0.717) is 6.42 Å². The summed E-state index contributed by atoms with van der Waals surface area (Å²) in [5.74, 6) is 0.0774. The van der Waals surface area contributed by atoms with E-state index in [1.807, 2.05) is 20.0 Å². The highest BCUT2D eigenvalue weighted by Crippen LogP contribution is 2.11. The normalized spacial score (nSPS) is 12.4. The molecular weight excluding hydrogens is 222 g/mol. The zero-order chi connectivity index (χ0) is 12.0. The summed E-state index contributed by atoms with van der Waals surface area (Å²) in [6.07, 6.45) is 3.42. The van der Waals surface area contributed by atoms with Gasteiger partial charge in [-0.3, -0.25) is 4.79 Å². The molecule has 16 heavy (non-hydrogen) atoms. The number of carbonyl (C=O) groups is 1. The molecule has 90 valence electrons. The molecule has 5 heteroatoms. The van der Waals surface area contributed by atoms with Crippen molar-refractivity contribution >= 4 is 17.2 Å². The number of hydrogen-bond donors (Lipinski definition) is 2. The molecule has 1 aromatic heterocycles. The first-order valence-corrected chi connectivity index (χ1v) is 6.28. The van der Waals surface area contributed by atoms with Crippen LogP contribution in [0.4, 0.5) is 0 Å². The van der Waals surface area contributed by atoms with Gasteiger partial charge in [0.15, 0.2) is 0 Å². The molecule has 1 aromatic rings. The van der Waals surface area contributed by atoms with Crippen molar-refractivity contribution in [3.05, 3.63) is 16.1 Å². The molecule has 1 heterocycles. The fraction of sp³-hybridized carbons (Fsp3) is 0.636. The second-order valence-corrected chi connectivity index (χ2v) is 5.15. The van der Waals surface area contributed by atoms with Gasteiger partial charge in [-0.1, -0.05) is 0 Å². The maximum absolute atomic E-state index is 11.1. The highest BCUT2D eigenvalue weighted by molar-refractivity contribution is 7.11. The maximum Gasteiger partial charge on any atom is 0.221 e. The lowest BCUT2D eigenvalue weighted by Gasteiger charge is -2.11. The lowest BCUT2D eigenvalue weighted by molar-refractivity contribution is -0.121. The quantitative estimate of drug-likeness (QED) is 0.784. The highest BCUT2D eigenvalue weighted by atomic mass is 32.1. The minimum absolute atomic E-state index is 0.0774. The standard InChI is InChI=1S/C11H19N3OS/c1-8(6-11(15)12-3)13-5-4-10-7-14-9(2)16-10/h7-8,13H,4-6H2,1-3H3,(H,12,15). The second-order valence-electron chi connectivity index (χ2n) is 3.83. The molecule has 1 amide bonds. The molecule has 0 aliphatic heterocycles. The average Bonchev–Trinajstić information content (AvgIpc) is 2.64. The molecule has 1 rings (SSSR count). The molecule has 0 aliphatic rings. The van der Waals surface area contributed by atoms with Gasteiger partial charge in [0, 0.05) is 37.1 Å². The minimum Gasteiger partial charge on any atom is -0.359 e. The summed E-state index contributed by atoms with van der Waals surface area (Å²) in [6, 6.07) is 0.217. The van der Waals surface area contributed by atoms with Gasteiger partial charge in [0.2, 0.25) is 5.91 Å². The number of aryl methyl sites for hydroxylation is 1. The van der Waals surface area contributed by atoms with E-state index in [-0.39, 0.29) is 11.9 Å². The molecule has 0 saturated heterocycles. The third kappa shape index (κ3) is 4.72. The summed E-state index contributed by atoms with van der Waals surface area (Å²) in [7, 11) is 1.66. The van der Waals surface area contributed by atoms with Crippen molar-refractivity contribution in [1.29, 1.82) is 0 Å². The van der Waals surface area contributed by atoms with Crippen LogP contribution in [0.2, 0.25) is 0 Å². The lowest BCUT2D eigenvalue weighted by atomic mass is 10.2. The Morgan fingerprint density at radius 1 is 1.62 bits per heavy atom. The summed E-state index contributed by atoms with van der Waals surface area (Å²) in [5, 5.41) is 7.05. The van der Waals surface area contributed by atoms with Crippen molar-refractivity contribution in [3.8, 4) is 0 Å². The lowest BCUT2D eigenvalue weighted by Crippen LogP contribution is -2.33. The van der Waals surface area contributed by atoms with E-state index < -0.39 is 0 Å². The molecule has 0 bridgehead atoms. The van der Waals surface area contributed by atoms with Gasteiger partial charge in [0.05, 0.1) is 5.01 Å². The summed E-state index contributed by atoms with van der Waals surface area (Å²) < 4.78 is 0. The van der Waals surface area contributed by atoms with Gasteiger partial charge in [0.25, 0.3) is 0 Å². The van der Waals surface area contributed by atoms with Crippen LogP contribution in [0.3, 0.4) is 0 Å². The molecule has 0 saturated carbocycles. The maximum atomic E-state index is 11.1. The predicted octanol–water partition coefficient (Wildman–Crippen LogP) is 1.11. The number of carbonyl (C=O) groups excluding carboxylic acids is 1. The van der Waals surface area contributed by atoms with Gasteiger partial charge in [-0.25, -0.2) is 4.98 Å². The van der Waals surface area contributed by atoms with Crippen molar-refractivity contribution in [2.45, 2.75) is 32.7 Å². The topological polar surface area (TPSA) is 54.0 Å². The van der Waals surface area contributed by atoms with Crippen LogP contribution < -0.4 is 10.6 Å². The Balaban J connectivity index is 2.17. The zero-order valence-electron chi connectivity index (χ0n) is 10.0. The van der Waals surface area contributed by atoms with E-state index >= 15 is 0 Å². The molecule has 1 atom stereocenters. The Labute approximate surface area is 100 Å². The van der Waals surface area contributed by atoms with Gasteiger partial charge in [-0.15, -0.1) is 11.3 Å². The van der Waals surface area contributed by atoms with Crippen LogP contribution in [-0.4, -0.2) is 30.5 Å². The number of aromatic nitrogens is 1. The largest absolute Gasteiger partial charge is 0.359 e. The number of hydrogen-bond acceptors (Lipinski definition) is 4. The number of thiazole rings is 1. The van der Waals surface area contributed by atoms with Gasteiger partial charge in [-0.2, -0.15) is 0 Å². The van der Waals surface area contributed by atoms with Crippen LogP contribution in [0.25, 0.3) is 0 Å². The summed E-state index contributed by atoms with van der Waals surface area (Å²) in [4.78, 5) is 16.6. The first-order chi connectivity index (χ1) is 7.61. The van der Waals surface area contributed by atoms with E-state index in [9.17, 15) is 4.79 Å². The minimum atomic E-state index is 0.0774. The van der Waals surface area contributed by atoms with Gasteiger partial charge >= 0.3 is 0 Å². The van der Waals surface area contributed by atoms with Crippen molar-refractivity contribution in [3.63, 3.8) is 0 Å². The summed E-state index contributed by atoms with van der Waals surface area (Å²) in [6.45, 7) is 4.92. The van der Waals surface area contributed by atoms with Crippen molar-refractivity contribution in [2.75, 3.05) is 13.6 Å². The van der Waals surface area contributed by atoms with Gasteiger partial charge < -0.3 is 10.6 Å². The third-order valence-electron chi connectivity index (χ3n) is 2.30. The Morgan fingerprint density at radius 3 is 2.94 bits per heavy atom. The monoisotopic (exact) mass is 241 g/mol. The molecule has 0 spiro atoms. The molecule has 0 aromatic carbocycles. The molecule has 2 N–H and O–H groups in total. The Kier molecular flexibility index (Phi) is 5.42. The smallest absolute Gasteiger partial charge is 0.221 e. The molecule has 0 radical (unpaired) electrons. The van der Waals surface area contributed by atoms with Crippen LogP contribution in [0.15, 0.2) is 6.20 Å². The Bertz CT molecular complexity index is 338. The van der Waals surface area contributed by atoms with Gasteiger partial charge in [0.1, 0.15) is 0 Å². The van der Waals surface area contributed by atoms with E-state index in [1.54, 1.807) is 18.4 Å². The van der Waals surface area contributed by atoms with E-state index in [0.717, 1.165) is 18.0 Å². The van der Waals surface area contributed by atoms with E-state index in [4.69, 9.17) is 0 Å². The van der Waals surface area contributed by atoms with Crippen LogP contribution in [0.1, 0.15) is 23.2 Å². The van der Waals surface area contributed by atoms with E-state index in [1.165, 1.54) is 4.88 Å². The predicted molar refractivity (Wildman–Crippen MR) is 66.7 cm³/mol. The first kappa shape index (κ1) is 13.1. The highest BCUT2D eigenvalue weighted by Gasteiger charge is 2.06. The second kappa shape index (κ2) is 6.60. The fourth-order valence-corrected chi connectivity index (χ4v) is 2.21. The number of nitrogens with one attached hydrogen (secondary N) is 2. The van der Waals surface area contributed by atoms with Crippen molar-refractivity contribution < 1.29 is 4.79 Å². The van der Waals surface area contributed by atoms with Crippen LogP contribution in [-0.2, 0) is 11.2 Å². The molecule has 1 unspecified atom stereocenters. The van der Waals surface area contributed by atoms with E-state index in [2.05, 4.69) is 15.6 Å². The van der Waals surface area contributed by atoms with Crippen LogP contribution >= 0.6 is 11.3 Å². The first-order valence-electron chi connectivity index (χ1n) is 5.47. The van der Waals surface area contributed by atoms with Gasteiger partial charge in [-0.05, 0) is 20.3 Å². The zero-order valence-corrected chi connectivity index (χ0v) is 10.9. The average molecular weight is 241 g/mol. The number of nitrogens with zero attached hydrogens (tertiary/aromatic N) is 1. The SMILES string of the molecule is CNC(=O)CC(C)NCCc1cnc(C)s1. The molecule has 4 nitrogen and oxygen atoms in total. The Hall–Kier alpha value is -0.940. The summed E-state index contributed by atoms with van der Waals surface area (Å²) in [5.41, 5.74) is 0. The van der Waals surface area contributed by atoms with Crippen molar-refractivity contribution in [2.24, 2.45) is 0 Å². The third-order valence-corrected chi connectivity index (χ3v) is 3.28. The van der Waals surface area contributed by atoms with Crippen LogP contribution in [0, 0.1) is 6.92 Å². The Morgan fingerprint density at radius 2 is 2.38 bits per heavy atom. The fourth-order valence-electron chi connectivity index (χ4n) is 1.41. The molecular formula is C11H19N3OS. The number of rotatable bonds is 6.